The van der Waals surface area contributed by atoms with Gasteiger partial charge in [-0.05, 0) is 43.9 Å². The highest BCUT2D eigenvalue weighted by Crippen LogP contribution is 2.34. The minimum atomic E-state index is -0.681. The van der Waals surface area contributed by atoms with E-state index >= 15 is 0 Å². The minimum absolute atomic E-state index is 0.0202. The number of hydrogen-bond acceptors (Lipinski definition) is 2. The van der Waals surface area contributed by atoms with Crippen molar-refractivity contribution in [2.75, 3.05) is 6.54 Å². The Hall–Kier alpha value is -1.06. The van der Waals surface area contributed by atoms with E-state index in [4.69, 9.17) is 0 Å². The lowest BCUT2D eigenvalue weighted by Gasteiger charge is -2.42. The first kappa shape index (κ1) is 16.3. The highest BCUT2D eigenvalue weighted by molar-refractivity contribution is 5.93. The zero-order valence-electron chi connectivity index (χ0n) is 13.9. The number of nitrogens with one attached hydrogen (secondary N) is 1. The molecule has 1 aliphatic carbocycles. The maximum atomic E-state index is 13.1. The zero-order chi connectivity index (χ0) is 15.6. The molecular formula is C17H30N2O2. The Morgan fingerprint density at radius 2 is 1.81 bits per heavy atom. The Balaban J connectivity index is 2.22. The number of amides is 2. The Morgan fingerprint density at radius 3 is 2.38 bits per heavy atom. The second-order valence-corrected chi connectivity index (χ2v) is 7.01. The van der Waals surface area contributed by atoms with Gasteiger partial charge >= 0.3 is 0 Å². The van der Waals surface area contributed by atoms with Crippen LogP contribution in [0.1, 0.15) is 66.2 Å². The van der Waals surface area contributed by atoms with Crippen molar-refractivity contribution in [2.45, 2.75) is 77.8 Å². The van der Waals surface area contributed by atoms with Gasteiger partial charge in [0.05, 0.1) is 0 Å². The number of carbonyl (C=O) groups excluding carboxylic acids is 2. The highest BCUT2D eigenvalue weighted by Gasteiger charge is 2.44. The van der Waals surface area contributed by atoms with Gasteiger partial charge in [0.25, 0.3) is 0 Å². The van der Waals surface area contributed by atoms with Crippen LogP contribution in [0.3, 0.4) is 0 Å². The maximum absolute atomic E-state index is 13.1. The normalized spacial score (nSPS) is 33.5. The highest BCUT2D eigenvalue weighted by atomic mass is 16.2. The van der Waals surface area contributed by atoms with E-state index in [9.17, 15) is 9.59 Å². The summed E-state index contributed by atoms with van der Waals surface area (Å²) in [5, 5.41) is 3.00. The number of hydrogen-bond donors (Lipinski definition) is 1. The van der Waals surface area contributed by atoms with E-state index < -0.39 is 5.54 Å². The number of rotatable bonds is 3. The molecule has 120 valence electrons. The van der Waals surface area contributed by atoms with E-state index in [1.807, 2.05) is 18.7 Å². The molecule has 0 aromatic carbocycles. The molecule has 3 atom stereocenters. The lowest BCUT2D eigenvalue weighted by atomic mass is 9.78. The number of nitrogens with zero attached hydrogens (tertiary/aromatic N) is 1. The second kappa shape index (κ2) is 6.37. The summed E-state index contributed by atoms with van der Waals surface area (Å²) in [7, 11) is 0. The van der Waals surface area contributed by atoms with Gasteiger partial charge in [0.15, 0.2) is 0 Å². The van der Waals surface area contributed by atoms with Crippen molar-refractivity contribution in [3.63, 3.8) is 0 Å². The van der Waals surface area contributed by atoms with E-state index in [1.54, 1.807) is 0 Å². The quantitative estimate of drug-likeness (QED) is 0.870. The van der Waals surface area contributed by atoms with Crippen molar-refractivity contribution in [2.24, 2.45) is 11.8 Å². The van der Waals surface area contributed by atoms with E-state index in [1.165, 1.54) is 6.42 Å². The molecule has 0 aromatic heterocycles. The van der Waals surface area contributed by atoms with Crippen LogP contribution in [0.25, 0.3) is 0 Å². The van der Waals surface area contributed by atoms with Crippen molar-refractivity contribution >= 4 is 11.8 Å². The van der Waals surface area contributed by atoms with Gasteiger partial charge in [-0.25, -0.2) is 0 Å². The summed E-state index contributed by atoms with van der Waals surface area (Å²) in [6, 6.07) is 0.314. The lowest BCUT2D eigenvalue weighted by molar-refractivity contribution is -0.142. The first-order valence-corrected chi connectivity index (χ1v) is 8.55. The molecule has 0 bridgehead atoms. The van der Waals surface area contributed by atoms with Gasteiger partial charge in [0, 0.05) is 19.0 Å². The van der Waals surface area contributed by atoms with E-state index in [0.717, 1.165) is 18.8 Å². The molecule has 2 aliphatic rings. The fourth-order valence-corrected chi connectivity index (χ4v) is 3.86. The third-order valence-electron chi connectivity index (χ3n) is 5.85. The van der Waals surface area contributed by atoms with Crippen molar-refractivity contribution in [1.82, 2.24) is 10.2 Å². The SMILES string of the molecule is CCC1(CC)NC(=O)CCN(C2CCC(C)C(C)C2)C1=O. The summed E-state index contributed by atoms with van der Waals surface area (Å²) in [5.74, 6) is 1.56. The van der Waals surface area contributed by atoms with Crippen LogP contribution < -0.4 is 5.32 Å². The van der Waals surface area contributed by atoms with Crippen LogP contribution in [-0.4, -0.2) is 34.8 Å². The Labute approximate surface area is 128 Å². The van der Waals surface area contributed by atoms with Gasteiger partial charge in [0.2, 0.25) is 11.8 Å². The fourth-order valence-electron chi connectivity index (χ4n) is 3.86. The topological polar surface area (TPSA) is 49.4 Å². The molecule has 0 radical (unpaired) electrons. The smallest absolute Gasteiger partial charge is 0.248 e. The predicted molar refractivity (Wildman–Crippen MR) is 83.8 cm³/mol. The average Bonchev–Trinajstić information content (AvgIpc) is 2.60. The second-order valence-electron chi connectivity index (χ2n) is 7.01. The van der Waals surface area contributed by atoms with E-state index in [0.29, 0.717) is 37.8 Å². The summed E-state index contributed by atoms with van der Waals surface area (Å²) >= 11 is 0. The van der Waals surface area contributed by atoms with Crippen LogP contribution in [0, 0.1) is 11.8 Å². The molecule has 2 rings (SSSR count). The lowest BCUT2D eigenvalue weighted by Crippen LogP contribution is -2.58. The molecular weight excluding hydrogens is 264 g/mol. The Bertz CT molecular complexity index is 404. The fraction of sp³-hybridized carbons (Fsp3) is 0.882. The summed E-state index contributed by atoms with van der Waals surface area (Å²) in [4.78, 5) is 27.1. The maximum Gasteiger partial charge on any atom is 0.248 e. The largest absolute Gasteiger partial charge is 0.342 e. The summed E-state index contributed by atoms with van der Waals surface area (Å²) in [6.45, 7) is 9.17. The van der Waals surface area contributed by atoms with Crippen LogP contribution in [0.4, 0.5) is 0 Å². The van der Waals surface area contributed by atoms with Gasteiger partial charge in [0.1, 0.15) is 5.54 Å². The van der Waals surface area contributed by atoms with Crippen molar-refractivity contribution in [1.29, 1.82) is 0 Å². The standard InChI is InChI=1S/C17H30N2O2/c1-5-17(6-2)16(21)19(10-9-15(20)18-17)14-8-7-12(3)13(4)11-14/h12-14H,5-11H2,1-4H3,(H,18,20). The van der Waals surface area contributed by atoms with E-state index in [2.05, 4.69) is 19.2 Å². The van der Waals surface area contributed by atoms with Crippen LogP contribution in [0.5, 0.6) is 0 Å². The molecule has 2 amide bonds. The zero-order valence-corrected chi connectivity index (χ0v) is 13.9. The first-order valence-electron chi connectivity index (χ1n) is 8.55. The summed E-state index contributed by atoms with van der Waals surface area (Å²) < 4.78 is 0. The van der Waals surface area contributed by atoms with Gasteiger partial charge < -0.3 is 10.2 Å². The van der Waals surface area contributed by atoms with Gasteiger partial charge in [-0.2, -0.15) is 0 Å². The molecule has 4 heteroatoms. The third-order valence-corrected chi connectivity index (χ3v) is 5.85. The van der Waals surface area contributed by atoms with Crippen LogP contribution >= 0.6 is 0 Å². The molecule has 4 nitrogen and oxygen atoms in total. The molecule has 1 N–H and O–H groups in total. The van der Waals surface area contributed by atoms with E-state index in [-0.39, 0.29) is 11.8 Å². The first-order chi connectivity index (χ1) is 9.93. The average molecular weight is 294 g/mol. The minimum Gasteiger partial charge on any atom is -0.342 e. The number of carbonyl (C=O) groups is 2. The predicted octanol–water partition coefficient (Wildman–Crippen LogP) is 2.72. The Morgan fingerprint density at radius 1 is 1.14 bits per heavy atom. The Kier molecular flexibility index (Phi) is 4.95. The van der Waals surface area contributed by atoms with Gasteiger partial charge in [-0.3, -0.25) is 9.59 Å². The van der Waals surface area contributed by atoms with Crippen molar-refractivity contribution in [3.05, 3.63) is 0 Å². The molecule has 0 aromatic rings. The molecule has 0 spiro atoms. The summed E-state index contributed by atoms with van der Waals surface area (Å²) in [5.41, 5.74) is -0.681. The van der Waals surface area contributed by atoms with Crippen molar-refractivity contribution in [3.8, 4) is 0 Å². The van der Waals surface area contributed by atoms with Crippen LogP contribution in [0.15, 0.2) is 0 Å². The molecule has 1 saturated carbocycles. The molecule has 21 heavy (non-hydrogen) atoms. The third kappa shape index (κ3) is 3.09. The molecule has 1 aliphatic heterocycles. The van der Waals surface area contributed by atoms with Gasteiger partial charge in [-0.15, -0.1) is 0 Å². The molecule has 2 fully saturated rings. The molecule has 3 unspecified atom stereocenters. The molecule has 1 saturated heterocycles. The molecule has 1 heterocycles. The summed E-state index contributed by atoms with van der Waals surface area (Å²) in [6.07, 6.45) is 5.11. The van der Waals surface area contributed by atoms with Crippen LogP contribution in [-0.2, 0) is 9.59 Å². The monoisotopic (exact) mass is 294 g/mol. The van der Waals surface area contributed by atoms with Crippen molar-refractivity contribution < 1.29 is 9.59 Å². The van der Waals surface area contributed by atoms with Crippen LogP contribution in [0.2, 0.25) is 0 Å². The van der Waals surface area contributed by atoms with Gasteiger partial charge in [-0.1, -0.05) is 27.7 Å².